The smallest absolute Gasteiger partial charge is 0.108 e. The van der Waals surface area contributed by atoms with Crippen molar-refractivity contribution >= 4 is 0 Å². The van der Waals surface area contributed by atoms with E-state index in [1.54, 1.807) is 0 Å². The first-order valence-corrected chi connectivity index (χ1v) is 6.66. The third kappa shape index (κ3) is 4.88. The summed E-state index contributed by atoms with van der Waals surface area (Å²) in [6, 6.07) is 0.201. The standard InChI is InChI=1S/C13H25N3O/c1-3-5-13-15-8-10-16(13)9-6-12(11-17)14-7-4-2/h8,10,12,14,17H,3-7,9,11H2,1-2H3. The summed E-state index contributed by atoms with van der Waals surface area (Å²) in [7, 11) is 0. The Morgan fingerprint density at radius 2 is 2.24 bits per heavy atom. The molecule has 1 unspecified atom stereocenters. The van der Waals surface area contributed by atoms with Crippen LogP contribution in [0.15, 0.2) is 12.4 Å². The molecule has 0 amide bonds. The van der Waals surface area contributed by atoms with E-state index in [4.69, 9.17) is 0 Å². The van der Waals surface area contributed by atoms with Crippen molar-refractivity contribution in [1.82, 2.24) is 14.9 Å². The summed E-state index contributed by atoms with van der Waals surface area (Å²) in [5.41, 5.74) is 0. The third-order valence-corrected chi connectivity index (χ3v) is 2.90. The fraction of sp³-hybridized carbons (Fsp3) is 0.769. The highest BCUT2D eigenvalue weighted by Gasteiger charge is 2.07. The Labute approximate surface area is 104 Å². The monoisotopic (exact) mass is 239 g/mol. The quantitative estimate of drug-likeness (QED) is 0.688. The highest BCUT2D eigenvalue weighted by Crippen LogP contribution is 2.04. The van der Waals surface area contributed by atoms with Gasteiger partial charge in [0.15, 0.2) is 0 Å². The predicted octanol–water partition coefficient (Wildman–Crippen LogP) is 1.59. The van der Waals surface area contributed by atoms with E-state index in [0.29, 0.717) is 0 Å². The van der Waals surface area contributed by atoms with Crippen LogP contribution in [0, 0.1) is 0 Å². The van der Waals surface area contributed by atoms with E-state index in [9.17, 15) is 5.11 Å². The molecule has 1 atom stereocenters. The molecule has 0 aliphatic carbocycles. The van der Waals surface area contributed by atoms with Gasteiger partial charge in [0.1, 0.15) is 5.82 Å². The van der Waals surface area contributed by atoms with Gasteiger partial charge in [0, 0.05) is 31.4 Å². The number of nitrogens with one attached hydrogen (secondary N) is 1. The highest BCUT2D eigenvalue weighted by atomic mass is 16.3. The maximum absolute atomic E-state index is 9.27. The number of hydrogen-bond acceptors (Lipinski definition) is 3. The van der Waals surface area contributed by atoms with Gasteiger partial charge in [0.25, 0.3) is 0 Å². The topological polar surface area (TPSA) is 50.1 Å². The first-order valence-electron chi connectivity index (χ1n) is 6.66. The van der Waals surface area contributed by atoms with E-state index in [-0.39, 0.29) is 12.6 Å². The molecule has 17 heavy (non-hydrogen) atoms. The van der Waals surface area contributed by atoms with Gasteiger partial charge in [0.05, 0.1) is 6.61 Å². The van der Waals surface area contributed by atoms with Crippen LogP contribution in [0.3, 0.4) is 0 Å². The molecule has 0 saturated heterocycles. The van der Waals surface area contributed by atoms with Crippen LogP contribution < -0.4 is 5.32 Å². The Hall–Kier alpha value is -0.870. The van der Waals surface area contributed by atoms with Crippen LogP contribution in [0.2, 0.25) is 0 Å². The highest BCUT2D eigenvalue weighted by molar-refractivity contribution is 4.92. The molecule has 1 aromatic heterocycles. The Bertz CT molecular complexity index is 299. The fourth-order valence-electron chi connectivity index (χ4n) is 1.90. The first-order chi connectivity index (χ1) is 8.31. The normalized spacial score (nSPS) is 12.9. The number of imidazole rings is 1. The molecular formula is C13H25N3O. The minimum atomic E-state index is 0.201. The number of aliphatic hydroxyl groups is 1. The van der Waals surface area contributed by atoms with Gasteiger partial charge in [-0.2, -0.15) is 0 Å². The number of nitrogens with zero attached hydrogens (tertiary/aromatic N) is 2. The average Bonchev–Trinajstić information content (AvgIpc) is 2.78. The molecule has 2 N–H and O–H groups in total. The van der Waals surface area contributed by atoms with Gasteiger partial charge in [-0.05, 0) is 25.8 Å². The summed E-state index contributed by atoms with van der Waals surface area (Å²) in [5.74, 6) is 1.15. The number of aromatic nitrogens is 2. The molecule has 0 aliphatic rings. The molecule has 0 fully saturated rings. The molecule has 1 rings (SSSR count). The van der Waals surface area contributed by atoms with Gasteiger partial charge in [-0.1, -0.05) is 13.8 Å². The zero-order chi connectivity index (χ0) is 12.5. The minimum Gasteiger partial charge on any atom is -0.395 e. The number of aliphatic hydroxyl groups excluding tert-OH is 1. The maximum atomic E-state index is 9.27. The van der Waals surface area contributed by atoms with Crippen molar-refractivity contribution in [2.75, 3.05) is 13.2 Å². The molecule has 0 aliphatic heterocycles. The summed E-state index contributed by atoms with van der Waals surface area (Å²) >= 11 is 0. The molecule has 0 spiro atoms. The SMILES string of the molecule is CCCNC(CO)CCn1ccnc1CCC. The molecule has 0 bridgehead atoms. The Balaban J connectivity index is 2.39. The molecular weight excluding hydrogens is 214 g/mol. The Morgan fingerprint density at radius 1 is 1.41 bits per heavy atom. The van der Waals surface area contributed by atoms with Crippen LogP contribution in [-0.2, 0) is 13.0 Å². The summed E-state index contributed by atoms with van der Waals surface area (Å²) in [6.07, 6.45) is 8.08. The third-order valence-electron chi connectivity index (χ3n) is 2.90. The van der Waals surface area contributed by atoms with E-state index in [2.05, 4.69) is 28.7 Å². The number of hydrogen-bond donors (Lipinski definition) is 2. The molecule has 98 valence electrons. The summed E-state index contributed by atoms with van der Waals surface area (Å²) in [6.45, 7) is 6.40. The van der Waals surface area contributed by atoms with Crippen LogP contribution in [0.25, 0.3) is 0 Å². The molecule has 1 aromatic rings. The molecule has 4 nitrogen and oxygen atoms in total. The van der Waals surface area contributed by atoms with Crippen molar-refractivity contribution in [3.05, 3.63) is 18.2 Å². The second-order valence-electron chi connectivity index (χ2n) is 4.41. The largest absolute Gasteiger partial charge is 0.395 e. The minimum absolute atomic E-state index is 0.201. The van der Waals surface area contributed by atoms with Crippen LogP contribution in [0.5, 0.6) is 0 Å². The van der Waals surface area contributed by atoms with Gasteiger partial charge in [-0.25, -0.2) is 4.98 Å². The molecule has 0 saturated carbocycles. The molecule has 0 radical (unpaired) electrons. The molecule has 4 heteroatoms. The lowest BCUT2D eigenvalue weighted by atomic mass is 10.2. The Morgan fingerprint density at radius 3 is 2.88 bits per heavy atom. The maximum Gasteiger partial charge on any atom is 0.108 e. The number of rotatable bonds is 9. The van der Waals surface area contributed by atoms with Crippen LogP contribution in [0.4, 0.5) is 0 Å². The lowest BCUT2D eigenvalue weighted by Crippen LogP contribution is -2.34. The molecule has 0 aromatic carbocycles. The summed E-state index contributed by atoms with van der Waals surface area (Å²) in [5, 5.41) is 12.6. The van der Waals surface area contributed by atoms with Crippen molar-refractivity contribution in [2.45, 2.75) is 52.1 Å². The van der Waals surface area contributed by atoms with E-state index in [1.807, 2.05) is 12.4 Å². The fourth-order valence-corrected chi connectivity index (χ4v) is 1.90. The predicted molar refractivity (Wildman–Crippen MR) is 70.0 cm³/mol. The van der Waals surface area contributed by atoms with Crippen molar-refractivity contribution in [1.29, 1.82) is 0 Å². The summed E-state index contributed by atoms with van der Waals surface area (Å²) in [4.78, 5) is 4.35. The zero-order valence-corrected chi connectivity index (χ0v) is 11.0. The van der Waals surface area contributed by atoms with Gasteiger partial charge < -0.3 is 15.0 Å². The average molecular weight is 239 g/mol. The van der Waals surface area contributed by atoms with Crippen molar-refractivity contribution in [2.24, 2.45) is 0 Å². The zero-order valence-electron chi connectivity index (χ0n) is 11.0. The van der Waals surface area contributed by atoms with Gasteiger partial charge in [-0.3, -0.25) is 0 Å². The van der Waals surface area contributed by atoms with Crippen molar-refractivity contribution in [3.8, 4) is 0 Å². The van der Waals surface area contributed by atoms with Gasteiger partial charge in [-0.15, -0.1) is 0 Å². The van der Waals surface area contributed by atoms with E-state index < -0.39 is 0 Å². The second-order valence-corrected chi connectivity index (χ2v) is 4.41. The Kier molecular flexibility index (Phi) is 6.89. The van der Waals surface area contributed by atoms with E-state index in [0.717, 1.165) is 44.6 Å². The first kappa shape index (κ1) is 14.2. The second kappa shape index (κ2) is 8.25. The van der Waals surface area contributed by atoms with E-state index in [1.165, 1.54) is 0 Å². The summed E-state index contributed by atoms with van der Waals surface area (Å²) < 4.78 is 2.19. The van der Waals surface area contributed by atoms with Gasteiger partial charge >= 0.3 is 0 Å². The number of aryl methyl sites for hydroxylation is 2. The van der Waals surface area contributed by atoms with Crippen LogP contribution in [-0.4, -0.2) is 33.9 Å². The van der Waals surface area contributed by atoms with E-state index >= 15 is 0 Å². The lowest BCUT2D eigenvalue weighted by Gasteiger charge is -2.16. The van der Waals surface area contributed by atoms with Gasteiger partial charge in [0.2, 0.25) is 0 Å². The van der Waals surface area contributed by atoms with Crippen LogP contribution >= 0.6 is 0 Å². The van der Waals surface area contributed by atoms with Crippen molar-refractivity contribution in [3.63, 3.8) is 0 Å². The molecule has 1 heterocycles. The lowest BCUT2D eigenvalue weighted by molar-refractivity contribution is 0.231. The van der Waals surface area contributed by atoms with Crippen molar-refractivity contribution < 1.29 is 5.11 Å². The van der Waals surface area contributed by atoms with Crippen LogP contribution in [0.1, 0.15) is 38.9 Å².